The fourth-order valence-electron chi connectivity index (χ4n) is 1.39. The van der Waals surface area contributed by atoms with E-state index in [9.17, 15) is 9.59 Å². The lowest BCUT2D eigenvalue weighted by Crippen LogP contribution is -2.34. The van der Waals surface area contributed by atoms with Crippen molar-refractivity contribution in [2.24, 2.45) is 4.99 Å². The maximum Gasteiger partial charge on any atom is 0.332 e. The van der Waals surface area contributed by atoms with Crippen LogP contribution in [0.5, 0.6) is 0 Å². The molecule has 0 fully saturated rings. The van der Waals surface area contributed by atoms with Crippen LogP contribution in [0.15, 0.2) is 9.79 Å². The minimum atomic E-state index is -0.508. The second-order valence-electron chi connectivity index (χ2n) is 3.11. The number of carbonyl (C=O) groups is 1. The predicted octanol–water partition coefficient (Wildman–Crippen LogP) is -1.11. The van der Waals surface area contributed by atoms with Crippen molar-refractivity contribution in [2.75, 3.05) is 13.7 Å². The summed E-state index contributed by atoms with van der Waals surface area (Å²) >= 11 is 1.23. The number of hydrogen-bond donors (Lipinski definition) is 0. The summed E-state index contributed by atoms with van der Waals surface area (Å²) in [5.41, 5.74) is -0.149. The van der Waals surface area contributed by atoms with Crippen LogP contribution < -0.4 is 14.9 Å². The summed E-state index contributed by atoms with van der Waals surface area (Å²) in [4.78, 5) is 27.6. The molecule has 6 heteroatoms. The first-order chi connectivity index (χ1) is 7.22. The summed E-state index contributed by atoms with van der Waals surface area (Å²) in [6.07, 6.45) is 2.09. The Labute approximate surface area is 89.3 Å². The van der Waals surface area contributed by atoms with E-state index in [1.165, 1.54) is 24.5 Å². The minimum absolute atomic E-state index is 0.149. The number of nitrogens with zero attached hydrogens (tertiary/aromatic N) is 2. The van der Waals surface area contributed by atoms with E-state index in [1.807, 2.05) is 0 Å². The Hall–Kier alpha value is -1.43. The van der Waals surface area contributed by atoms with Crippen molar-refractivity contribution in [3.63, 3.8) is 0 Å². The van der Waals surface area contributed by atoms with E-state index >= 15 is 0 Å². The maximum absolute atomic E-state index is 11.7. The van der Waals surface area contributed by atoms with Crippen molar-refractivity contribution in [3.8, 4) is 0 Å². The number of esters is 1. The van der Waals surface area contributed by atoms with Gasteiger partial charge in [-0.3, -0.25) is 14.4 Å². The SMILES string of the molecule is COC(=O)C=c1sc2n(c1=O)CCCN=2. The Bertz CT molecular complexity index is 555. The average Bonchev–Trinajstić information content (AvgIpc) is 2.57. The van der Waals surface area contributed by atoms with Gasteiger partial charge in [0.1, 0.15) is 4.53 Å². The number of rotatable bonds is 1. The van der Waals surface area contributed by atoms with Gasteiger partial charge in [-0.2, -0.15) is 0 Å². The van der Waals surface area contributed by atoms with Gasteiger partial charge in [0.05, 0.1) is 7.11 Å². The summed E-state index contributed by atoms with van der Waals surface area (Å²) in [6, 6.07) is 0. The molecule has 1 aliphatic rings. The number of aromatic nitrogens is 1. The van der Waals surface area contributed by atoms with E-state index in [0.29, 0.717) is 15.9 Å². The summed E-state index contributed by atoms with van der Waals surface area (Å²) < 4.78 is 6.47. The highest BCUT2D eigenvalue weighted by Crippen LogP contribution is 1.91. The molecule has 0 saturated carbocycles. The van der Waals surface area contributed by atoms with E-state index in [2.05, 4.69) is 9.73 Å². The smallest absolute Gasteiger partial charge is 0.332 e. The first kappa shape index (κ1) is 10.1. The maximum atomic E-state index is 11.7. The minimum Gasteiger partial charge on any atom is -0.466 e. The van der Waals surface area contributed by atoms with Crippen LogP contribution in [0.25, 0.3) is 6.08 Å². The molecular formula is C9H10N2O3S. The van der Waals surface area contributed by atoms with Gasteiger partial charge in [-0.05, 0) is 6.42 Å². The second-order valence-corrected chi connectivity index (χ2v) is 4.12. The highest BCUT2D eigenvalue weighted by molar-refractivity contribution is 7.07. The molecule has 0 radical (unpaired) electrons. The van der Waals surface area contributed by atoms with Crippen molar-refractivity contribution >= 4 is 23.4 Å². The first-order valence-electron chi connectivity index (χ1n) is 4.56. The highest BCUT2D eigenvalue weighted by Gasteiger charge is 2.09. The molecule has 0 aliphatic carbocycles. The molecule has 0 N–H and O–H groups in total. The monoisotopic (exact) mass is 226 g/mol. The van der Waals surface area contributed by atoms with Gasteiger partial charge in [0, 0.05) is 19.2 Å². The van der Waals surface area contributed by atoms with Gasteiger partial charge in [-0.1, -0.05) is 11.3 Å². The molecule has 1 aromatic rings. The fraction of sp³-hybridized carbons (Fsp3) is 0.444. The number of thiazole rings is 1. The molecule has 0 unspecified atom stereocenters. The third kappa shape index (κ3) is 1.85. The molecule has 2 rings (SSSR count). The molecular weight excluding hydrogens is 216 g/mol. The number of fused-ring (bicyclic) bond motifs is 1. The number of carbonyl (C=O) groups excluding carboxylic acids is 1. The van der Waals surface area contributed by atoms with Gasteiger partial charge < -0.3 is 4.74 Å². The number of methoxy groups -OCH3 is 1. The van der Waals surface area contributed by atoms with Crippen molar-refractivity contribution < 1.29 is 9.53 Å². The van der Waals surface area contributed by atoms with Crippen LogP contribution in [-0.2, 0) is 16.1 Å². The normalized spacial score (nSPS) is 15.7. The summed E-state index contributed by atoms with van der Waals surface area (Å²) in [6.45, 7) is 1.43. The molecule has 0 bridgehead atoms. The summed E-state index contributed by atoms with van der Waals surface area (Å²) in [5, 5.41) is 0. The molecule has 5 nitrogen and oxygen atoms in total. The van der Waals surface area contributed by atoms with Crippen LogP contribution in [0.4, 0.5) is 0 Å². The Balaban J connectivity index is 2.62. The quantitative estimate of drug-likeness (QED) is 0.570. The van der Waals surface area contributed by atoms with Gasteiger partial charge in [0.15, 0.2) is 4.80 Å². The van der Waals surface area contributed by atoms with Crippen LogP contribution in [0.1, 0.15) is 6.42 Å². The Kier molecular flexibility index (Phi) is 2.68. The Morgan fingerprint density at radius 1 is 1.67 bits per heavy atom. The van der Waals surface area contributed by atoms with Crippen molar-refractivity contribution in [1.29, 1.82) is 0 Å². The van der Waals surface area contributed by atoms with Gasteiger partial charge in [0.25, 0.3) is 5.56 Å². The molecule has 1 aliphatic heterocycles. The molecule has 2 heterocycles. The average molecular weight is 226 g/mol. The molecule has 1 aromatic heterocycles. The fourth-order valence-corrected chi connectivity index (χ4v) is 2.38. The van der Waals surface area contributed by atoms with E-state index < -0.39 is 5.97 Å². The highest BCUT2D eigenvalue weighted by atomic mass is 32.1. The van der Waals surface area contributed by atoms with Crippen LogP contribution in [0.3, 0.4) is 0 Å². The van der Waals surface area contributed by atoms with Crippen LogP contribution in [0.2, 0.25) is 0 Å². The van der Waals surface area contributed by atoms with E-state index in [-0.39, 0.29) is 5.56 Å². The standard InChI is InChI=1S/C9H10N2O3S/c1-14-7(12)5-6-8(13)11-4-2-3-10-9(11)15-6/h5H,2-4H2,1H3. The zero-order valence-corrected chi connectivity index (χ0v) is 9.04. The number of hydrogen-bond acceptors (Lipinski definition) is 5. The largest absolute Gasteiger partial charge is 0.466 e. The lowest BCUT2D eigenvalue weighted by atomic mass is 10.4. The summed E-state index contributed by atoms with van der Waals surface area (Å²) in [5.74, 6) is -0.508. The predicted molar refractivity (Wildman–Crippen MR) is 55.3 cm³/mol. The molecule has 15 heavy (non-hydrogen) atoms. The second kappa shape index (κ2) is 3.98. The molecule has 0 amide bonds. The zero-order valence-electron chi connectivity index (χ0n) is 8.23. The lowest BCUT2D eigenvalue weighted by Gasteiger charge is -2.03. The van der Waals surface area contributed by atoms with Crippen LogP contribution in [-0.4, -0.2) is 24.2 Å². The summed E-state index contributed by atoms with van der Waals surface area (Å²) in [7, 11) is 1.29. The van der Waals surface area contributed by atoms with E-state index in [1.54, 1.807) is 4.57 Å². The Morgan fingerprint density at radius 2 is 2.47 bits per heavy atom. The van der Waals surface area contributed by atoms with E-state index in [0.717, 1.165) is 13.0 Å². The third-order valence-corrected chi connectivity index (χ3v) is 3.17. The Morgan fingerprint density at radius 3 is 3.13 bits per heavy atom. The molecule has 0 atom stereocenters. The van der Waals surface area contributed by atoms with Crippen LogP contribution >= 0.6 is 11.3 Å². The van der Waals surface area contributed by atoms with Gasteiger partial charge >= 0.3 is 5.97 Å². The van der Waals surface area contributed by atoms with Crippen molar-refractivity contribution in [2.45, 2.75) is 13.0 Å². The van der Waals surface area contributed by atoms with Crippen molar-refractivity contribution in [1.82, 2.24) is 4.57 Å². The molecule has 0 aromatic carbocycles. The molecule has 0 saturated heterocycles. The van der Waals surface area contributed by atoms with Crippen molar-refractivity contribution in [3.05, 3.63) is 19.7 Å². The number of ether oxygens (including phenoxy) is 1. The lowest BCUT2D eigenvalue weighted by molar-refractivity contribution is -0.133. The topological polar surface area (TPSA) is 60.7 Å². The van der Waals surface area contributed by atoms with Crippen LogP contribution in [0, 0.1) is 0 Å². The zero-order chi connectivity index (χ0) is 10.8. The van der Waals surface area contributed by atoms with Gasteiger partial charge in [-0.15, -0.1) is 0 Å². The van der Waals surface area contributed by atoms with E-state index in [4.69, 9.17) is 0 Å². The first-order valence-corrected chi connectivity index (χ1v) is 5.38. The molecule has 80 valence electrons. The third-order valence-electron chi connectivity index (χ3n) is 2.13. The van der Waals surface area contributed by atoms with Gasteiger partial charge in [0.2, 0.25) is 0 Å². The molecule has 0 spiro atoms. The van der Waals surface area contributed by atoms with Gasteiger partial charge in [-0.25, -0.2) is 4.79 Å².